The Labute approximate surface area is 415 Å². The second-order valence-corrected chi connectivity index (χ2v) is 16.4. The van der Waals surface area contributed by atoms with Crippen LogP contribution in [0.4, 0.5) is 0 Å². The Morgan fingerprint density at radius 1 is 0.431 bits per heavy atom. The van der Waals surface area contributed by atoms with E-state index in [1.165, 1.54) is 0 Å². The average Bonchev–Trinajstić information content (AvgIpc) is 3.28. The van der Waals surface area contributed by atoms with Crippen LogP contribution >= 0.6 is 0 Å². The van der Waals surface area contributed by atoms with Crippen molar-refractivity contribution in [3.63, 3.8) is 0 Å². The van der Waals surface area contributed by atoms with Gasteiger partial charge in [0.2, 0.25) is 0 Å². The topological polar surface area (TPSA) is 504 Å². The molecule has 19 N–H and O–H groups in total. The van der Waals surface area contributed by atoms with Gasteiger partial charge in [-0.15, -0.1) is 0 Å². The lowest BCUT2D eigenvalue weighted by Crippen LogP contribution is -2.47. The van der Waals surface area contributed by atoms with Gasteiger partial charge in [0.25, 0.3) is 0 Å². The van der Waals surface area contributed by atoms with Crippen LogP contribution in [0.25, 0.3) is 0 Å². The van der Waals surface area contributed by atoms with Crippen LogP contribution in [-0.2, 0) is 57.9 Å². The van der Waals surface area contributed by atoms with Crippen LogP contribution in [0.1, 0.15) is 65.2 Å². The average molecular weight is 1060 g/mol. The van der Waals surface area contributed by atoms with Crippen LogP contribution in [0, 0.1) is 5.41 Å². The van der Waals surface area contributed by atoms with Gasteiger partial charge >= 0.3 is 47.8 Å². The minimum atomic E-state index is -1.31. The number of rotatable bonds is 47. The number of carboxylic acids is 8. The fraction of sp³-hybridized carbons (Fsp3) is 0.800. The Morgan fingerprint density at radius 3 is 1.17 bits per heavy atom. The van der Waals surface area contributed by atoms with Crippen LogP contribution < -0.4 is 37.2 Å². The third-order valence-corrected chi connectivity index (χ3v) is 9.57. The molecule has 0 saturated heterocycles. The van der Waals surface area contributed by atoms with Gasteiger partial charge in [-0.3, -0.25) is 64.3 Å². The molecule has 0 radical (unpaired) electrons. The molecule has 0 aromatic heterocycles. The Hall–Kier alpha value is -4.88. The Bertz CT molecular complexity index is 1460. The lowest BCUT2D eigenvalue weighted by Gasteiger charge is -2.27. The summed E-state index contributed by atoms with van der Waals surface area (Å²) in [6.07, 6.45) is 0.253. The van der Waals surface area contributed by atoms with Crippen molar-refractivity contribution in [1.82, 2.24) is 42.1 Å². The van der Waals surface area contributed by atoms with E-state index in [4.69, 9.17) is 61.9 Å². The Morgan fingerprint density at radius 2 is 0.792 bits per heavy atom. The lowest BCUT2D eigenvalue weighted by molar-refractivity contribution is -0.257. The first-order valence-corrected chi connectivity index (χ1v) is 22.6. The largest absolute Gasteiger partial charge is 0.481 e. The van der Waals surface area contributed by atoms with E-state index in [1.807, 2.05) is 18.7 Å². The maximum Gasteiger partial charge on any atom is 0.321 e. The van der Waals surface area contributed by atoms with Crippen LogP contribution in [0.5, 0.6) is 0 Å². The normalized spacial score (nSPS) is 13.3. The smallest absolute Gasteiger partial charge is 0.321 e. The number of aliphatic carboxylic acids is 8. The van der Waals surface area contributed by atoms with Crippen molar-refractivity contribution in [3.8, 4) is 0 Å². The molecule has 0 aliphatic rings. The molecular formula is C40H78N8O24. The summed E-state index contributed by atoms with van der Waals surface area (Å²) in [5, 5.41) is 124. The van der Waals surface area contributed by atoms with Gasteiger partial charge in [0.1, 0.15) is 24.2 Å². The summed E-state index contributed by atoms with van der Waals surface area (Å²) in [6.45, 7) is 9.29. The van der Waals surface area contributed by atoms with Crippen molar-refractivity contribution in [1.29, 1.82) is 0 Å². The van der Waals surface area contributed by atoms with Gasteiger partial charge in [-0.2, -0.15) is 0 Å². The summed E-state index contributed by atoms with van der Waals surface area (Å²) in [5.74, 6) is -9.79. The molecule has 72 heavy (non-hydrogen) atoms. The predicted molar refractivity (Wildman–Crippen MR) is 247 cm³/mol. The third kappa shape index (κ3) is 46.2. The summed E-state index contributed by atoms with van der Waals surface area (Å²) in [4.78, 5) is 104. The highest BCUT2D eigenvalue weighted by Crippen LogP contribution is 2.12. The van der Waals surface area contributed by atoms with Gasteiger partial charge in [-0.25, -0.2) is 19.6 Å². The number of carboxylic acid groups (broad SMARTS) is 8. The second-order valence-electron chi connectivity index (χ2n) is 16.4. The molecule has 32 nitrogen and oxygen atoms in total. The molecule has 0 aromatic carbocycles. The molecule has 32 heteroatoms. The monoisotopic (exact) mass is 1050 g/mol. The molecule has 0 bridgehead atoms. The molecule has 5 atom stereocenters. The molecule has 0 aliphatic heterocycles. The zero-order valence-electron chi connectivity index (χ0n) is 40.6. The summed E-state index contributed by atoms with van der Waals surface area (Å²) in [5.41, 5.74) is -0.230. The van der Waals surface area contributed by atoms with Gasteiger partial charge in [0, 0.05) is 58.4 Å². The Kier molecular flexibility index (Phi) is 45.5. The summed E-state index contributed by atoms with van der Waals surface area (Å²) < 4.78 is 0. The van der Waals surface area contributed by atoms with Crippen molar-refractivity contribution < 1.29 is 120 Å². The van der Waals surface area contributed by atoms with Crippen LogP contribution in [0.3, 0.4) is 0 Å². The van der Waals surface area contributed by atoms with Gasteiger partial charge in [-0.05, 0) is 57.3 Å². The SMILES string of the molecule is CC(C)(CNCCCOO)CNC(CC(=O)O)C(=O)O.O=C(O)CC(NCCCNCCCOO)C(=O)O.O=C(O)CC(NCCN(CCNC(CCOO)COO)CCNC(CC(=O)O)C(=O)O)C(=O)O. The number of nitrogens with zero attached hydrogens (tertiary/aromatic N) is 1. The molecule has 0 aliphatic carbocycles. The van der Waals surface area contributed by atoms with Crippen molar-refractivity contribution in [2.75, 3.05) is 105 Å². The Balaban J connectivity index is -0.00000107. The second kappa shape index (κ2) is 45.9. The molecule has 0 rings (SSSR count). The molecular weight excluding hydrogens is 976 g/mol. The van der Waals surface area contributed by atoms with Crippen molar-refractivity contribution >= 4 is 47.8 Å². The van der Waals surface area contributed by atoms with Crippen molar-refractivity contribution in [3.05, 3.63) is 0 Å². The van der Waals surface area contributed by atoms with Crippen LogP contribution in [-0.4, -0.2) is 250 Å². The van der Waals surface area contributed by atoms with Gasteiger partial charge in [0.15, 0.2) is 0 Å². The fourth-order valence-electron chi connectivity index (χ4n) is 5.80. The summed E-state index contributed by atoms with van der Waals surface area (Å²) in [6, 6.07) is -5.06. The predicted octanol–water partition coefficient (Wildman–Crippen LogP) is -2.99. The molecule has 0 spiro atoms. The summed E-state index contributed by atoms with van der Waals surface area (Å²) in [7, 11) is 0. The minimum Gasteiger partial charge on any atom is -0.481 e. The third-order valence-electron chi connectivity index (χ3n) is 9.57. The summed E-state index contributed by atoms with van der Waals surface area (Å²) >= 11 is 0. The van der Waals surface area contributed by atoms with Crippen LogP contribution in [0.2, 0.25) is 0 Å². The highest BCUT2D eigenvalue weighted by molar-refractivity contribution is 5.82. The van der Waals surface area contributed by atoms with Crippen molar-refractivity contribution in [2.24, 2.45) is 5.41 Å². The fourth-order valence-corrected chi connectivity index (χ4v) is 5.80. The molecule has 0 fully saturated rings. The zero-order chi connectivity index (χ0) is 55.3. The molecule has 0 saturated carbocycles. The number of hydrogen-bond donors (Lipinski definition) is 19. The van der Waals surface area contributed by atoms with Gasteiger partial charge < -0.3 is 78.1 Å². The number of nitrogens with one attached hydrogen (secondary N) is 7. The maximum absolute atomic E-state index is 11.2. The van der Waals surface area contributed by atoms with Gasteiger partial charge in [-0.1, -0.05) is 13.8 Å². The van der Waals surface area contributed by atoms with E-state index in [-0.39, 0.29) is 64.1 Å². The molecule has 0 heterocycles. The number of carbonyl (C=O) groups is 8. The number of hydrogen-bond acceptors (Lipinski definition) is 24. The van der Waals surface area contributed by atoms with E-state index in [1.54, 1.807) is 0 Å². The molecule has 422 valence electrons. The van der Waals surface area contributed by atoms with E-state index in [2.05, 4.69) is 56.8 Å². The van der Waals surface area contributed by atoms with Crippen molar-refractivity contribution in [2.45, 2.75) is 95.4 Å². The maximum atomic E-state index is 11.2. The highest BCUT2D eigenvalue weighted by Gasteiger charge is 2.26. The van der Waals surface area contributed by atoms with E-state index in [0.29, 0.717) is 78.0 Å². The highest BCUT2D eigenvalue weighted by atomic mass is 17.1. The van der Waals surface area contributed by atoms with E-state index in [9.17, 15) is 38.4 Å². The van der Waals surface area contributed by atoms with E-state index < -0.39 is 97.6 Å². The molecule has 5 unspecified atom stereocenters. The first-order chi connectivity index (χ1) is 34.0. The van der Waals surface area contributed by atoms with Crippen LogP contribution in [0.15, 0.2) is 0 Å². The van der Waals surface area contributed by atoms with E-state index in [0.717, 1.165) is 0 Å². The lowest BCUT2D eigenvalue weighted by atomic mass is 9.93. The van der Waals surface area contributed by atoms with Gasteiger partial charge in [0.05, 0.1) is 52.1 Å². The first kappa shape index (κ1) is 71.4. The molecule has 0 aromatic rings. The molecule has 0 amide bonds. The minimum absolute atomic E-state index is 0.00110. The zero-order valence-corrected chi connectivity index (χ0v) is 40.6. The quantitative estimate of drug-likeness (QED) is 0.0164. The standard InChI is InChI=1S/C18H34N4O12.C12H24N2O6.C10H20N2O6/c23-15(24)9-13(17(27)28)20-3-6-22(5-2-19-12(11-34-32)1-8-33-31)7-4-21-14(18(29)30)10-16(25)26;1-12(2,7-13-4-3-5-20-19)8-14-9(11(17)18)6-10(15)16;13-9(14)7-8(10(15)16)12-5-1-3-11-4-2-6-18-17/h12-14,19-21,31-32H,1-11H2,(H,23,24)(H,25,26)(H,27,28)(H,29,30);9,13-14,19H,3-8H2,1-2H3,(H,15,16)(H,17,18);8,11-12,17H,1-7H2,(H,13,14)(H,15,16). The van der Waals surface area contributed by atoms with E-state index >= 15 is 0 Å². The first-order valence-electron chi connectivity index (χ1n) is 22.6.